The van der Waals surface area contributed by atoms with Crippen molar-refractivity contribution >= 4 is 29.2 Å². The lowest BCUT2D eigenvalue weighted by Crippen LogP contribution is -2.51. The second kappa shape index (κ2) is 8.24. The van der Waals surface area contributed by atoms with Crippen molar-refractivity contribution in [2.45, 2.75) is 65.2 Å². The van der Waals surface area contributed by atoms with Gasteiger partial charge in [-0.25, -0.2) is 0 Å². The molecule has 3 nitrogen and oxygen atoms in total. The number of ketones is 2. The summed E-state index contributed by atoms with van der Waals surface area (Å²) in [5.41, 5.74) is 2.58. The number of halogens is 1. The molecule has 4 aliphatic carbocycles. The lowest BCUT2D eigenvalue weighted by Gasteiger charge is -2.58. The molecule has 33 heavy (non-hydrogen) atoms. The summed E-state index contributed by atoms with van der Waals surface area (Å²) in [5.74, 6) is 1.97. The summed E-state index contributed by atoms with van der Waals surface area (Å²) in [5, 5.41) is 10.5. The van der Waals surface area contributed by atoms with Gasteiger partial charge in [0.2, 0.25) is 0 Å². The molecular formula is C29H32ClNO2. The predicted molar refractivity (Wildman–Crippen MR) is 130 cm³/mol. The number of allylic oxidation sites excluding steroid dienone is 2. The van der Waals surface area contributed by atoms with Crippen LogP contribution < -0.4 is 0 Å². The van der Waals surface area contributed by atoms with Gasteiger partial charge in [0.1, 0.15) is 6.07 Å². The quantitative estimate of drug-likeness (QED) is 0.361. The van der Waals surface area contributed by atoms with Gasteiger partial charge in [0.25, 0.3) is 0 Å². The molecule has 4 heteroatoms. The molecule has 0 bridgehead atoms. The first kappa shape index (κ1) is 22.6. The molecular weight excluding hydrogens is 430 g/mol. The third-order valence-electron chi connectivity index (χ3n) is 9.85. The molecule has 3 fully saturated rings. The van der Waals surface area contributed by atoms with Crippen molar-refractivity contribution in [2.75, 3.05) is 0 Å². The standard InChI is InChI=1S/C29H32ClNO2/c1-28-13-11-22(32)16-20(28)5-8-23-24-9-10-26(29(24,2)14-12-25(23)28)27(33)19(17-31)15-18-3-6-21(30)7-4-18/h3-4,6-7,15-16,23-26H,5,8-14H2,1-2H3/b19-15+/t23-,24-,25-,26+,28-,29-/m0/s1. The van der Waals surface area contributed by atoms with Crippen LogP contribution in [0.4, 0.5) is 0 Å². The molecule has 1 aromatic carbocycles. The highest BCUT2D eigenvalue weighted by atomic mass is 35.5. The van der Waals surface area contributed by atoms with Gasteiger partial charge in [-0.2, -0.15) is 5.26 Å². The molecule has 0 spiro atoms. The van der Waals surface area contributed by atoms with Gasteiger partial charge in [-0.1, -0.05) is 43.2 Å². The van der Waals surface area contributed by atoms with Crippen molar-refractivity contribution in [1.29, 1.82) is 5.26 Å². The van der Waals surface area contributed by atoms with E-state index in [1.165, 1.54) is 5.57 Å². The first-order valence-electron chi connectivity index (χ1n) is 12.4. The van der Waals surface area contributed by atoms with Gasteiger partial charge in [0.05, 0.1) is 5.57 Å². The van der Waals surface area contributed by atoms with Gasteiger partial charge in [-0.05, 0) is 103 Å². The highest BCUT2D eigenvalue weighted by Crippen LogP contribution is 2.66. The molecule has 0 amide bonds. The molecule has 4 aliphatic rings. The minimum Gasteiger partial charge on any atom is -0.295 e. The number of benzene rings is 1. The zero-order valence-electron chi connectivity index (χ0n) is 19.6. The van der Waals surface area contributed by atoms with Crippen LogP contribution in [0.2, 0.25) is 5.02 Å². The second-order valence-corrected chi connectivity index (χ2v) is 11.7. The fraction of sp³-hybridized carbons (Fsp3) is 0.552. The second-order valence-electron chi connectivity index (χ2n) is 11.2. The Bertz CT molecular complexity index is 1090. The van der Waals surface area contributed by atoms with Crippen LogP contribution in [0.15, 0.2) is 41.5 Å². The summed E-state index contributed by atoms with van der Waals surface area (Å²) in [6.07, 6.45) is 11.6. The summed E-state index contributed by atoms with van der Waals surface area (Å²) in [6.45, 7) is 4.71. The molecule has 172 valence electrons. The third-order valence-corrected chi connectivity index (χ3v) is 10.1. The Hall–Kier alpha value is -2.18. The van der Waals surface area contributed by atoms with Gasteiger partial charge in [-0.15, -0.1) is 0 Å². The van der Waals surface area contributed by atoms with Crippen LogP contribution in [0.25, 0.3) is 6.08 Å². The zero-order chi connectivity index (χ0) is 23.4. The van der Waals surface area contributed by atoms with E-state index in [-0.39, 0.29) is 28.1 Å². The minimum absolute atomic E-state index is 0.0155. The van der Waals surface area contributed by atoms with E-state index in [4.69, 9.17) is 11.6 Å². The average Bonchev–Trinajstić information content (AvgIpc) is 3.16. The summed E-state index contributed by atoms with van der Waals surface area (Å²) in [4.78, 5) is 25.7. The lowest BCUT2D eigenvalue weighted by molar-refractivity contribution is -0.126. The fourth-order valence-electron chi connectivity index (χ4n) is 8.06. The molecule has 0 aliphatic heterocycles. The topological polar surface area (TPSA) is 57.9 Å². The number of hydrogen-bond acceptors (Lipinski definition) is 3. The van der Waals surface area contributed by atoms with E-state index in [2.05, 4.69) is 19.9 Å². The molecule has 0 unspecified atom stereocenters. The summed E-state index contributed by atoms with van der Waals surface area (Å²) < 4.78 is 0. The van der Waals surface area contributed by atoms with Crippen molar-refractivity contribution < 1.29 is 9.59 Å². The fourth-order valence-corrected chi connectivity index (χ4v) is 8.19. The Morgan fingerprint density at radius 3 is 2.55 bits per heavy atom. The first-order chi connectivity index (χ1) is 15.8. The molecule has 0 aromatic heterocycles. The van der Waals surface area contributed by atoms with E-state index < -0.39 is 0 Å². The van der Waals surface area contributed by atoms with Gasteiger partial charge in [-0.3, -0.25) is 9.59 Å². The largest absolute Gasteiger partial charge is 0.295 e. The normalized spacial score (nSPS) is 37.9. The smallest absolute Gasteiger partial charge is 0.177 e. The number of carbonyl (C=O) groups excluding carboxylic acids is 2. The van der Waals surface area contributed by atoms with Crippen LogP contribution >= 0.6 is 11.6 Å². The molecule has 6 atom stereocenters. The Morgan fingerprint density at radius 1 is 1.06 bits per heavy atom. The lowest BCUT2D eigenvalue weighted by atomic mass is 9.46. The van der Waals surface area contributed by atoms with Gasteiger partial charge in [0, 0.05) is 17.4 Å². The highest BCUT2D eigenvalue weighted by Gasteiger charge is 2.60. The van der Waals surface area contributed by atoms with Crippen molar-refractivity contribution in [3.8, 4) is 6.07 Å². The molecule has 0 heterocycles. The van der Waals surface area contributed by atoms with Crippen molar-refractivity contribution in [1.82, 2.24) is 0 Å². The SMILES string of the molecule is C[C@]12CC[C@H]3[C@@H](CCC4=CC(=O)CC[C@@]43C)[C@@H]1CC[C@@H]2C(=O)/C(C#N)=C/c1ccc(Cl)cc1. The maximum absolute atomic E-state index is 13.6. The molecule has 5 rings (SSSR count). The molecule has 0 N–H and O–H groups in total. The van der Waals surface area contributed by atoms with Gasteiger partial charge < -0.3 is 0 Å². The van der Waals surface area contributed by atoms with Crippen LogP contribution in [0.5, 0.6) is 0 Å². The molecule has 0 saturated heterocycles. The van der Waals surface area contributed by atoms with E-state index >= 15 is 0 Å². The Labute approximate surface area is 201 Å². The van der Waals surface area contributed by atoms with Gasteiger partial charge in [0.15, 0.2) is 11.6 Å². The number of carbonyl (C=O) groups is 2. The van der Waals surface area contributed by atoms with Crippen LogP contribution in [0.1, 0.15) is 70.8 Å². The van der Waals surface area contributed by atoms with E-state index in [1.807, 2.05) is 18.2 Å². The highest BCUT2D eigenvalue weighted by molar-refractivity contribution is 6.30. The zero-order valence-corrected chi connectivity index (χ0v) is 20.3. The van der Waals surface area contributed by atoms with Crippen molar-refractivity contribution in [3.63, 3.8) is 0 Å². The number of nitriles is 1. The average molecular weight is 462 g/mol. The predicted octanol–water partition coefficient (Wildman–Crippen LogP) is 6.96. The molecule has 1 aromatic rings. The summed E-state index contributed by atoms with van der Waals surface area (Å²) in [7, 11) is 0. The van der Waals surface area contributed by atoms with Crippen LogP contribution in [-0.2, 0) is 9.59 Å². The van der Waals surface area contributed by atoms with Crippen LogP contribution in [0, 0.1) is 45.8 Å². The third kappa shape index (κ3) is 3.62. The minimum atomic E-state index is -0.0840. The summed E-state index contributed by atoms with van der Waals surface area (Å²) in [6, 6.07) is 9.46. The Kier molecular flexibility index (Phi) is 5.65. The van der Waals surface area contributed by atoms with E-state index in [0.29, 0.717) is 35.0 Å². The number of rotatable bonds is 3. The van der Waals surface area contributed by atoms with Crippen molar-refractivity contribution in [3.05, 3.63) is 52.1 Å². The molecule has 3 saturated carbocycles. The van der Waals surface area contributed by atoms with Gasteiger partial charge >= 0.3 is 0 Å². The summed E-state index contributed by atoms with van der Waals surface area (Å²) >= 11 is 5.99. The number of hydrogen-bond donors (Lipinski definition) is 0. The Balaban J connectivity index is 1.40. The van der Waals surface area contributed by atoms with Crippen LogP contribution in [-0.4, -0.2) is 11.6 Å². The number of nitrogens with zero attached hydrogens (tertiary/aromatic N) is 1. The maximum atomic E-state index is 13.6. The van der Waals surface area contributed by atoms with Crippen LogP contribution in [0.3, 0.4) is 0 Å². The van der Waals surface area contributed by atoms with E-state index in [9.17, 15) is 14.9 Å². The number of fused-ring (bicyclic) bond motifs is 5. The monoisotopic (exact) mass is 461 g/mol. The van der Waals surface area contributed by atoms with E-state index in [0.717, 1.165) is 50.5 Å². The Morgan fingerprint density at radius 2 is 1.82 bits per heavy atom. The maximum Gasteiger partial charge on any atom is 0.177 e. The first-order valence-corrected chi connectivity index (χ1v) is 12.8. The van der Waals surface area contributed by atoms with Crippen molar-refractivity contribution in [2.24, 2.45) is 34.5 Å². The van der Waals surface area contributed by atoms with E-state index in [1.54, 1.807) is 18.2 Å². The molecule has 0 radical (unpaired) electrons. The number of Topliss-reactive ketones (excluding diaryl/α,β-unsaturated/α-hetero) is 1.